The largest absolute Gasteiger partial charge is 0.497 e. The summed E-state index contributed by atoms with van der Waals surface area (Å²) in [5.41, 5.74) is 0.719. The molecule has 1 aromatic rings. The van der Waals surface area contributed by atoms with Crippen LogP contribution in [0.2, 0.25) is 0 Å². The van der Waals surface area contributed by atoms with E-state index in [0.29, 0.717) is 6.54 Å². The van der Waals surface area contributed by atoms with Gasteiger partial charge in [-0.1, -0.05) is 13.8 Å². The molecule has 4 heteroatoms. The van der Waals surface area contributed by atoms with Crippen molar-refractivity contribution in [2.45, 2.75) is 13.8 Å². The van der Waals surface area contributed by atoms with Crippen LogP contribution in [0.4, 0.5) is 0 Å². The first-order chi connectivity index (χ1) is 9.21. The summed E-state index contributed by atoms with van der Waals surface area (Å²) < 4.78 is 5.07. The van der Waals surface area contributed by atoms with Crippen molar-refractivity contribution in [3.63, 3.8) is 0 Å². The van der Waals surface area contributed by atoms with E-state index in [0.717, 1.165) is 37.5 Å². The van der Waals surface area contributed by atoms with Crippen molar-refractivity contribution in [3.8, 4) is 5.75 Å². The lowest BCUT2D eigenvalue weighted by molar-refractivity contribution is 0.0990. The van der Waals surface area contributed by atoms with Crippen molar-refractivity contribution < 1.29 is 9.53 Å². The van der Waals surface area contributed by atoms with Gasteiger partial charge in [-0.25, -0.2) is 0 Å². The molecule has 0 spiro atoms. The summed E-state index contributed by atoms with van der Waals surface area (Å²) in [4.78, 5) is 14.2. The fourth-order valence-electron chi connectivity index (χ4n) is 1.86. The Labute approximate surface area is 115 Å². The van der Waals surface area contributed by atoms with Gasteiger partial charge in [-0.3, -0.25) is 4.79 Å². The molecule has 0 aromatic heterocycles. The zero-order valence-electron chi connectivity index (χ0n) is 12.1. The van der Waals surface area contributed by atoms with Gasteiger partial charge in [0.2, 0.25) is 0 Å². The van der Waals surface area contributed by atoms with E-state index in [1.165, 1.54) is 0 Å². The minimum Gasteiger partial charge on any atom is -0.497 e. The number of methoxy groups -OCH3 is 1. The molecule has 1 N–H and O–H groups in total. The average molecular weight is 264 g/mol. The number of Topliss-reactive ketones (excluding diaryl/α,β-unsaturated/α-hetero) is 1. The number of ketones is 1. The Morgan fingerprint density at radius 3 is 2.37 bits per heavy atom. The molecule has 0 saturated heterocycles. The van der Waals surface area contributed by atoms with Gasteiger partial charge in [0, 0.05) is 18.7 Å². The molecule has 0 unspecified atom stereocenters. The van der Waals surface area contributed by atoms with Gasteiger partial charge in [-0.2, -0.15) is 0 Å². The first-order valence-corrected chi connectivity index (χ1v) is 6.81. The van der Waals surface area contributed by atoms with Crippen LogP contribution in [0.25, 0.3) is 0 Å². The molecule has 0 heterocycles. The third kappa shape index (κ3) is 5.41. The van der Waals surface area contributed by atoms with Gasteiger partial charge < -0.3 is 15.0 Å². The zero-order chi connectivity index (χ0) is 14.1. The summed E-state index contributed by atoms with van der Waals surface area (Å²) in [6.07, 6.45) is 0. The lowest BCUT2D eigenvalue weighted by Crippen LogP contribution is -2.34. The Morgan fingerprint density at radius 2 is 1.84 bits per heavy atom. The van der Waals surface area contributed by atoms with Crippen molar-refractivity contribution in [2.75, 3.05) is 39.8 Å². The molecule has 0 fully saturated rings. The number of hydrogen-bond donors (Lipinski definition) is 1. The predicted octanol–water partition coefficient (Wildman–Crippen LogP) is 1.81. The molecular formula is C15H24N2O2. The van der Waals surface area contributed by atoms with E-state index in [1.807, 2.05) is 12.1 Å². The van der Waals surface area contributed by atoms with Gasteiger partial charge in [0.1, 0.15) is 5.75 Å². The van der Waals surface area contributed by atoms with Crippen LogP contribution in [0.15, 0.2) is 24.3 Å². The van der Waals surface area contributed by atoms with Crippen LogP contribution in [0.3, 0.4) is 0 Å². The average Bonchev–Trinajstić information content (AvgIpc) is 2.47. The van der Waals surface area contributed by atoms with Crippen LogP contribution in [0.1, 0.15) is 24.2 Å². The summed E-state index contributed by atoms with van der Waals surface area (Å²) in [6.45, 7) is 8.58. The number of likely N-dealkylation sites (N-methyl/N-ethyl adjacent to an activating group) is 1. The molecule has 0 amide bonds. The first kappa shape index (κ1) is 15.7. The summed E-state index contributed by atoms with van der Waals surface area (Å²) in [6, 6.07) is 7.22. The van der Waals surface area contributed by atoms with Gasteiger partial charge in [-0.05, 0) is 37.4 Å². The normalized spacial score (nSPS) is 10.7. The topological polar surface area (TPSA) is 41.6 Å². The lowest BCUT2D eigenvalue weighted by Gasteiger charge is -2.17. The first-order valence-electron chi connectivity index (χ1n) is 6.81. The Balaban J connectivity index is 2.30. The van der Waals surface area contributed by atoms with Gasteiger partial charge in [0.05, 0.1) is 13.7 Å². The highest BCUT2D eigenvalue weighted by molar-refractivity contribution is 5.97. The molecule has 0 saturated carbocycles. The van der Waals surface area contributed by atoms with E-state index in [-0.39, 0.29) is 5.78 Å². The molecule has 0 atom stereocenters. The quantitative estimate of drug-likeness (QED) is 0.545. The number of carbonyl (C=O) groups is 1. The highest BCUT2D eigenvalue weighted by atomic mass is 16.5. The van der Waals surface area contributed by atoms with E-state index < -0.39 is 0 Å². The van der Waals surface area contributed by atoms with Gasteiger partial charge in [0.15, 0.2) is 5.78 Å². The van der Waals surface area contributed by atoms with Crippen LogP contribution in [0.5, 0.6) is 5.75 Å². The minimum atomic E-state index is 0.113. The molecule has 19 heavy (non-hydrogen) atoms. The highest BCUT2D eigenvalue weighted by Crippen LogP contribution is 2.11. The van der Waals surface area contributed by atoms with E-state index in [9.17, 15) is 4.79 Å². The van der Waals surface area contributed by atoms with Crippen molar-refractivity contribution in [2.24, 2.45) is 0 Å². The summed E-state index contributed by atoms with van der Waals surface area (Å²) in [5.74, 6) is 0.883. The molecular weight excluding hydrogens is 240 g/mol. The maximum absolute atomic E-state index is 11.9. The standard InChI is InChI=1S/C15H24N2O2/c1-4-17(5-2)11-10-16-12-15(18)13-6-8-14(19-3)9-7-13/h6-9,16H,4-5,10-12H2,1-3H3. The maximum atomic E-state index is 11.9. The summed E-state index contributed by atoms with van der Waals surface area (Å²) in [5, 5.41) is 3.19. The summed E-state index contributed by atoms with van der Waals surface area (Å²) >= 11 is 0. The number of benzene rings is 1. The van der Waals surface area contributed by atoms with Crippen LogP contribution in [-0.4, -0.2) is 50.5 Å². The van der Waals surface area contributed by atoms with Crippen LogP contribution >= 0.6 is 0 Å². The predicted molar refractivity (Wildman–Crippen MR) is 78.0 cm³/mol. The van der Waals surface area contributed by atoms with Crippen molar-refractivity contribution in [3.05, 3.63) is 29.8 Å². The van der Waals surface area contributed by atoms with Crippen molar-refractivity contribution in [1.82, 2.24) is 10.2 Å². The Morgan fingerprint density at radius 1 is 1.21 bits per heavy atom. The summed E-state index contributed by atoms with van der Waals surface area (Å²) in [7, 11) is 1.62. The Hall–Kier alpha value is -1.39. The number of carbonyl (C=O) groups excluding carboxylic acids is 1. The highest BCUT2D eigenvalue weighted by Gasteiger charge is 2.05. The van der Waals surface area contributed by atoms with E-state index in [1.54, 1.807) is 19.2 Å². The number of ether oxygens (including phenoxy) is 1. The van der Waals surface area contributed by atoms with Crippen molar-refractivity contribution in [1.29, 1.82) is 0 Å². The minimum absolute atomic E-state index is 0.113. The second-order valence-corrected chi connectivity index (χ2v) is 4.36. The third-order valence-corrected chi connectivity index (χ3v) is 3.20. The van der Waals surface area contributed by atoms with E-state index in [2.05, 4.69) is 24.1 Å². The third-order valence-electron chi connectivity index (χ3n) is 3.20. The van der Waals surface area contributed by atoms with Gasteiger partial charge in [-0.15, -0.1) is 0 Å². The fourth-order valence-corrected chi connectivity index (χ4v) is 1.86. The number of nitrogens with zero attached hydrogens (tertiary/aromatic N) is 1. The zero-order valence-corrected chi connectivity index (χ0v) is 12.1. The molecule has 0 radical (unpaired) electrons. The molecule has 4 nitrogen and oxygen atoms in total. The van der Waals surface area contributed by atoms with Crippen LogP contribution in [0, 0.1) is 0 Å². The molecule has 0 aliphatic rings. The second-order valence-electron chi connectivity index (χ2n) is 4.36. The molecule has 1 aromatic carbocycles. The number of hydrogen-bond acceptors (Lipinski definition) is 4. The monoisotopic (exact) mass is 264 g/mol. The lowest BCUT2D eigenvalue weighted by atomic mass is 10.1. The van der Waals surface area contributed by atoms with Gasteiger partial charge in [0.25, 0.3) is 0 Å². The molecule has 106 valence electrons. The van der Waals surface area contributed by atoms with E-state index in [4.69, 9.17) is 4.74 Å². The van der Waals surface area contributed by atoms with E-state index >= 15 is 0 Å². The van der Waals surface area contributed by atoms with Crippen LogP contribution < -0.4 is 10.1 Å². The molecule has 1 rings (SSSR count). The number of rotatable bonds is 9. The maximum Gasteiger partial charge on any atom is 0.176 e. The fraction of sp³-hybridized carbons (Fsp3) is 0.533. The smallest absolute Gasteiger partial charge is 0.176 e. The number of nitrogens with one attached hydrogen (secondary N) is 1. The SMILES string of the molecule is CCN(CC)CCNCC(=O)c1ccc(OC)cc1. The van der Waals surface area contributed by atoms with Crippen LogP contribution in [-0.2, 0) is 0 Å². The second kappa shape index (κ2) is 8.67. The molecule has 0 aliphatic heterocycles. The van der Waals surface area contributed by atoms with Crippen molar-refractivity contribution >= 4 is 5.78 Å². The van der Waals surface area contributed by atoms with Gasteiger partial charge >= 0.3 is 0 Å². The Kier molecular flexibility index (Phi) is 7.15. The molecule has 0 aliphatic carbocycles. The Bertz CT molecular complexity index is 372. The molecule has 0 bridgehead atoms.